The molecule has 1 aromatic carbocycles. The highest BCUT2D eigenvalue weighted by Gasteiger charge is 2.39. The highest BCUT2D eigenvalue weighted by Crippen LogP contribution is 2.49. The fourth-order valence-corrected chi connectivity index (χ4v) is 5.01. The van der Waals surface area contributed by atoms with Crippen molar-refractivity contribution < 1.29 is 0 Å². The van der Waals surface area contributed by atoms with Crippen LogP contribution in [-0.4, -0.2) is 41.6 Å². The summed E-state index contributed by atoms with van der Waals surface area (Å²) in [5, 5.41) is 10.2. The molecule has 10 heteroatoms. The van der Waals surface area contributed by atoms with Gasteiger partial charge in [0.15, 0.2) is 5.82 Å². The molecule has 35 heavy (non-hydrogen) atoms. The Morgan fingerprint density at radius 2 is 1.29 bits per heavy atom. The van der Waals surface area contributed by atoms with Crippen molar-refractivity contribution in [2.45, 2.75) is 47.0 Å². The number of allylic oxidation sites excluding steroid dienone is 1. The second-order valence-corrected chi connectivity index (χ2v) is 10.3. The molecule has 0 unspecified atom stereocenters. The number of aromatic nitrogens is 7. The van der Waals surface area contributed by atoms with E-state index in [0.717, 1.165) is 39.7 Å². The summed E-state index contributed by atoms with van der Waals surface area (Å²) in [6.45, 7) is 12.1. The maximum absolute atomic E-state index is 6.36. The molecule has 0 bridgehead atoms. The zero-order valence-corrected chi connectivity index (χ0v) is 22.2. The molecule has 5 rings (SSSR count). The minimum Gasteiger partial charge on any atom is -0.347 e. The molecule has 0 radical (unpaired) electrons. The summed E-state index contributed by atoms with van der Waals surface area (Å²) in [6.07, 6.45) is 1.98. The molecule has 4 heterocycles. The molecule has 0 fully saturated rings. The van der Waals surface area contributed by atoms with E-state index in [2.05, 4.69) is 28.9 Å². The summed E-state index contributed by atoms with van der Waals surface area (Å²) < 4.78 is 3.46. The molecule has 0 saturated heterocycles. The highest BCUT2D eigenvalue weighted by molar-refractivity contribution is 6.42. The average Bonchev–Trinajstić information content (AvgIpc) is 3.36. The minimum absolute atomic E-state index is 0.346. The molecule has 1 aliphatic heterocycles. The quantitative estimate of drug-likeness (QED) is 0.360. The van der Waals surface area contributed by atoms with Crippen molar-refractivity contribution in [3.8, 4) is 11.9 Å². The Morgan fingerprint density at radius 1 is 0.771 bits per heavy atom. The van der Waals surface area contributed by atoms with Gasteiger partial charge in [0.2, 0.25) is 0 Å². The average molecular weight is 509 g/mol. The highest BCUT2D eigenvalue weighted by atomic mass is 35.5. The van der Waals surface area contributed by atoms with Gasteiger partial charge in [-0.15, -0.1) is 0 Å². The summed E-state index contributed by atoms with van der Waals surface area (Å²) in [6, 6.07) is 7.82. The number of hydrogen-bond donors (Lipinski definition) is 0. The van der Waals surface area contributed by atoms with E-state index in [-0.39, 0.29) is 5.41 Å². The lowest BCUT2D eigenvalue weighted by molar-refractivity contribution is 0.643. The lowest BCUT2D eigenvalue weighted by Gasteiger charge is -2.24. The Kier molecular flexibility index (Phi) is 5.49. The van der Waals surface area contributed by atoms with E-state index in [0.29, 0.717) is 27.8 Å². The Hall–Kier alpha value is -3.23. The van der Waals surface area contributed by atoms with E-state index in [1.807, 2.05) is 65.1 Å². The molecular weight excluding hydrogens is 483 g/mol. The Morgan fingerprint density at radius 3 is 1.77 bits per heavy atom. The number of aryl methyl sites for hydroxylation is 4. The van der Waals surface area contributed by atoms with Crippen molar-refractivity contribution >= 4 is 35.0 Å². The van der Waals surface area contributed by atoms with Crippen LogP contribution in [0.25, 0.3) is 18.0 Å². The zero-order chi connectivity index (χ0) is 25.2. The number of halogens is 2. The van der Waals surface area contributed by atoms with E-state index >= 15 is 0 Å². The maximum Gasteiger partial charge on any atom is 0.256 e. The molecule has 0 spiro atoms. The van der Waals surface area contributed by atoms with Gasteiger partial charge >= 0.3 is 0 Å². The van der Waals surface area contributed by atoms with Crippen LogP contribution in [0.2, 0.25) is 10.0 Å². The summed E-state index contributed by atoms with van der Waals surface area (Å²) in [7, 11) is 2.01. The fourth-order valence-electron chi connectivity index (χ4n) is 4.69. The molecule has 0 saturated carbocycles. The van der Waals surface area contributed by atoms with Gasteiger partial charge < -0.3 is 4.90 Å². The molecule has 0 amide bonds. The Balaban J connectivity index is 1.71. The van der Waals surface area contributed by atoms with Crippen molar-refractivity contribution in [2.24, 2.45) is 0 Å². The largest absolute Gasteiger partial charge is 0.347 e. The minimum atomic E-state index is -0.346. The predicted octanol–water partition coefficient (Wildman–Crippen LogP) is 5.55. The van der Waals surface area contributed by atoms with Gasteiger partial charge in [0.05, 0.1) is 21.4 Å². The third kappa shape index (κ3) is 3.90. The number of hydrogen-bond acceptors (Lipinski definition) is 6. The third-order valence-electron chi connectivity index (χ3n) is 6.37. The lowest BCUT2D eigenvalue weighted by atomic mass is 9.83. The number of rotatable bonds is 3. The first-order valence-electron chi connectivity index (χ1n) is 11.2. The van der Waals surface area contributed by atoms with E-state index in [9.17, 15) is 0 Å². The smallest absolute Gasteiger partial charge is 0.256 e. The van der Waals surface area contributed by atoms with Crippen molar-refractivity contribution in [2.75, 3.05) is 11.9 Å². The van der Waals surface area contributed by atoms with E-state index in [1.54, 1.807) is 9.36 Å². The fraction of sp³-hybridized carbons (Fsp3) is 0.320. The number of anilines is 1. The number of benzene rings is 1. The van der Waals surface area contributed by atoms with Gasteiger partial charge in [-0.3, -0.25) is 0 Å². The van der Waals surface area contributed by atoms with E-state index in [1.165, 1.54) is 0 Å². The molecule has 1 aliphatic rings. The Labute approximate surface area is 214 Å². The standard InChI is InChI=1S/C25H26Cl2N8/c1-13-8-15(3)34(31-13)23-28-22(29-24(30-23)35-16(4)9-14(2)32-35)12-21-25(5,6)17-10-18(26)19(27)11-20(17)33(21)7/h8-12H,1-7H3/b21-12-. The van der Waals surface area contributed by atoms with Gasteiger partial charge in [0.1, 0.15) is 0 Å². The van der Waals surface area contributed by atoms with Crippen molar-refractivity contribution in [3.05, 3.63) is 74.2 Å². The van der Waals surface area contributed by atoms with Crippen LogP contribution in [0.5, 0.6) is 0 Å². The van der Waals surface area contributed by atoms with Crippen LogP contribution in [0.4, 0.5) is 5.69 Å². The van der Waals surface area contributed by atoms with Gasteiger partial charge in [-0.1, -0.05) is 37.0 Å². The van der Waals surface area contributed by atoms with Gasteiger partial charge in [-0.05, 0) is 57.5 Å². The van der Waals surface area contributed by atoms with Crippen molar-refractivity contribution in [3.63, 3.8) is 0 Å². The SMILES string of the molecule is Cc1cc(C)n(-c2nc(/C=C3\N(C)c4cc(Cl)c(Cl)cc4C3(C)C)nc(-n3nc(C)cc3C)n2)n1. The summed E-state index contributed by atoms with van der Waals surface area (Å²) in [5.41, 5.74) is 6.39. The summed E-state index contributed by atoms with van der Waals surface area (Å²) in [5.74, 6) is 1.37. The monoisotopic (exact) mass is 508 g/mol. The summed E-state index contributed by atoms with van der Waals surface area (Å²) in [4.78, 5) is 16.4. The number of nitrogens with zero attached hydrogens (tertiary/aromatic N) is 8. The molecule has 0 atom stereocenters. The summed E-state index contributed by atoms with van der Waals surface area (Å²) >= 11 is 12.7. The first-order valence-corrected chi connectivity index (χ1v) is 12.0. The second-order valence-electron chi connectivity index (χ2n) is 9.47. The van der Waals surface area contributed by atoms with Gasteiger partial charge in [-0.25, -0.2) is 9.36 Å². The van der Waals surface area contributed by atoms with Crippen LogP contribution < -0.4 is 4.90 Å². The molecular formula is C25H26Cl2N8. The molecule has 8 nitrogen and oxygen atoms in total. The number of likely N-dealkylation sites (N-methyl/N-ethyl adjacent to an activating group) is 1. The van der Waals surface area contributed by atoms with Crippen molar-refractivity contribution in [1.29, 1.82) is 0 Å². The predicted molar refractivity (Wildman–Crippen MR) is 139 cm³/mol. The van der Waals surface area contributed by atoms with Gasteiger partial charge in [0, 0.05) is 41.3 Å². The van der Waals surface area contributed by atoms with Crippen LogP contribution in [0, 0.1) is 27.7 Å². The van der Waals surface area contributed by atoms with Crippen LogP contribution in [0.1, 0.15) is 48.0 Å². The van der Waals surface area contributed by atoms with Crippen LogP contribution >= 0.6 is 23.2 Å². The molecule has 4 aromatic rings. The van der Waals surface area contributed by atoms with E-state index in [4.69, 9.17) is 38.2 Å². The topological polar surface area (TPSA) is 77.5 Å². The van der Waals surface area contributed by atoms with Gasteiger partial charge in [-0.2, -0.15) is 25.1 Å². The van der Waals surface area contributed by atoms with Gasteiger partial charge in [0.25, 0.3) is 11.9 Å². The Bertz CT molecular complexity index is 1450. The van der Waals surface area contributed by atoms with Crippen LogP contribution in [0.3, 0.4) is 0 Å². The molecule has 0 aliphatic carbocycles. The first-order chi connectivity index (χ1) is 16.5. The lowest BCUT2D eigenvalue weighted by Crippen LogP contribution is -2.23. The maximum atomic E-state index is 6.36. The second kappa shape index (κ2) is 8.17. The molecule has 0 N–H and O–H groups in total. The van der Waals surface area contributed by atoms with E-state index < -0.39 is 0 Å². The van der Waals surface area contributed by atoms with Crippen LogP contribution in [-0.2, 0) is 5.41 Å². The molecule has 3 aromatic heterocycles. The first kappa shape index (κ1) is 23.5. The van der Waals surface area contributed by atoms with Crippen molar-refractivity contribution in [1.82, 2.24) is 34.5 Å². The molecule has 180 valence electrons. The third-order valence-corrected chi connectivity index (χ3v) is 7.09. The number of fused-ring (bicyclic) bond motifs is 1. The normalized spacial score (nSPS) is 15.8. The zero-order valence-electron chi connectivity index (χ0n) is 20.7. The van der Waals surface area contributed by atoms with Crippen LogP contribution in [0.15, 0.2) is 30.0 Å².